The van der Waals surface area contributed by atoms with Gasteiger partial charge in [-0.3, -0.25) is 4.79 Å². The summed E-state index contributed by atoms with van der Waals surface area (Å²) in [4.78, 5) is 13.9. The molecule has 0 atom stereocenters. The fraction of sp³-hybridized carbons (Fsp3) is 0.450. The van der Waals surface area contributed by atoms with Gasteiger partial charge in [-0.25, -0.2) is 13.1 Å². The van der Waals surface area contributed by atoms with E-state index < -0.39 is 15.9 Å². The topological polar surface area (TPSA) is 102 Å². The lowest BCUT2D eigenvalue weighted by molar-refractivity contribution is 0.100. The molecule has 1 saturated heterocycles. The van der Waals surface area contributed by atoms with Crippen LogP contribution >= 0.6 is 11.3 Å². The van der Waals surface area contributed by atoms with Gasteiger partial charge in [-0.2, -0.15) is 0 Å². The maximum Gasteiger partial charge on any atom is 0.258 e. The lowest BCUT2D eigenvalue weighted by Gasteiger charge is -2.32. The number of nitrogens with zero attached hydrogens (tertiary/aromatic N) is 1. The zero-order valence-corrected chi connectivity index (χ0v) is 18.1. The Morgan fingerprint density at radius 1 is 1.31 bits per heavy atom. The van der Waals surface area contributed by atoms with E-state index in [-0.39, 0.29) is 9.77 Å². The summed E-state index contributed by atoms with van der Waals surface area (Å²) in [6.07, 6.45) is 2.88. The highest BCUT2D eigenvalue weighted by Gasteiger charge is 2.23. The molecule has 0 spiro atoms. The molecule has 0 radical (unpaired) electrons. The summed E-state index contributed by atoms with van der Waals surface area (Å²) < 4.78 is 32.8. The normalized spacial score (nSPS) is 16.0. The Balaban J connectivity index is 1.42. The van der Waals surface area contributed by atoms with E-state index in [9.17, 15) is 13.2 Å². The third-order valence-electron chi connectivity index (χ3n) is 5.25. The molecule has 1 aromatic carbocycles. The number of thiophene rings is 1. The van der Waals surface area contributed by atoms with Crippen LogP contribution in [0.1, 0.15) is 28.1 Å². The van der Waals surface area contributed by atoms with Gasteiger partial charge in [0.1, 0.15) is 5.75 Å². The first kappa shape index (κ1) is 21.8. The summed E-state index contributed by atoms with van der Waals surface area (Å²) in [5.41, 5.74) is 6.45. The van der Waals surface area contributed by atoms with Crippen LogP contribution in [0, 0.1) is 5.92 Å². The van der Waals surface area contributed by atoms with Gasteiger partial charge in [-0.05, 0) is 62.0 Å². The van der Waals surface area contributed by atoms with Crippen molar-refractivity contribution in [3.05, 3.63) is 46.2 Å². The van der Waals surface area contributed by atoms with Gasteiger partial charge in [0.15, 0.2) is 0 Å². The summed E-state index contributed by atoms with van der Waals surface area (Å²) >= 11 is 1.04. The molecule has 2 heterocycles. The second-order valence-electron chi connectivity index (χ2n) is 7.25. The molecule has 1 fully saturated rings. The van der Waals surface area contributed by atoms with Crippen molar-refractivity contribution in [2.75, 3.05) is 33.3 Å². The van der Waals surface area contributed by atoms with Gasteiger partial charge in [0, 0.05) is 18.5 Å². The average molecular weight is 438 g/mol. The minimum Gasteiger partial charge on any atom is -0.497 e. The van der Waals surface area contributed by atoms with Crippen LogP contribution in [0.15, 0.2) is 40.6 Å². The van der Waals surface area contributed by atoms with E-state index in [1.165, 1.54) is 17.0 Å². The third kappa shape index (κ3) is 6.02. The van der Waals surface area contributed by atoms with E-state index in [0.29, 0.717) is 12.5 Å². The van der Waals surface area contributed by atoms with Crippen LogP contribution in [0.5, 0.6) is 5.75 Å². The number of sulfonamides is 1. The van der Waals surface area contributed by atoms with E-state index in [0.717, 1.165) is 56.0 Å². The Morgan fingerprint density at radius 2 is 2.07 bits per heavy atom. The molecule has 3 N–H and O–H groups in total. The van der Waals surface area contributed by atoms with Crippen molar-refractivity contribution in [3.8, 4) is 5.75 Å². The maximum absolute atomic E-state index is 12.4. The molecular weight excluding hydrogens is 410 g/mol. The molecule has 0 bridgehead atoms. The summed E-state index contributed by atoms with van der Waals surface area (Å²) in [5, 5.41) is 1.45. The van der Waals surface area contributed by atoms with Crippen molar-refractivity contribution >= 4 is 27.3 Å². The first-order valence-corrected chi connectivity index (χ1v) is 12.0. The van der Waals surface area contributed by atoms with E-state index in [2.05, 4.69) is 21.8 Å². The first-order valence-electron chi connectivity index (χ1n) is 9.60. The van der Waals surface area contributed by atoms with Gasteiger partial charge in [0.2, 0.25) is 10.0 Å². The van der Waals surface area contributed by atoms with E-state index >= 15 is 0 Å². The Labute approximate surface area is 175 Å². The number of amides is 1. The number of ether oxygens (including phenoxy) is 1. The van der Waals surface area contributed by atoms with Crippen LogP contribution in [0.25, 0.3) is 0 Å². The summed E-state index contributed by atoms with van der Waals surface area (Å²) in [6.45, 7) is 3.31. The number of likely N-dealkylation sites (tertiary alicyclic amines) is 1. The number of carbonyl (C=O) groups is 1. The number of hydrogen-bond acceptors (Lipinski definition) is 6. The van der Waals surface area contributed by atoms with Crippen molar-refractivity contribution in [2.45, 2.75) is 24.2 Å². The highest BCUT2D eigenvalue weighted by Crippen LogP contribution is 2.21. The van der Waals surface area contributed by atoms with Crippen molar-refractivity contribution in [3.63, 3.8) is 0 Å². The minimum absolute atomic E-state index is 0.104. The highest BCUT2D eigenvalue weighted by molar-refractivity contribution is 7.89. The zero-order valence-electron chi connectivity index (χ0n) is 16.5. The number of nitrogens with one attached hydrogen (secondary N) is 1. The minimum atomic E-state index is -3.61. The molecule has 1 aliphatic heterocycles. The zero-order chi connectivity index (χ0) is 20.9. The van der Waals surface area contributed by atoms with Crippen LogP contribution in [0.3, 0.4) is 0 Å². The quantitative estimate of drug-likeness (QED) is 0.625. The lowest BCUT2D eigenvalue weighted by Crippen LogP contribution is -2.39. The van der Waals surface area contributed by atoms with Crippen molar-refractivity contribution in [1.29, 1.82) is 0 Å². The largest absolute Gasteiger partial charge is 0.497 e. The number of piperidine rings is 1. The first-order chi connectivity index (χ1) is 13.9. The van der Waals surface area contributed by atoms with Gasteiger partial charge in [-0.15, -0.1) is 11.3 Å². The predicted molar refractivity (Wildman–Crippen MR) is 114 cm³/mol. The van der Waals surface area contributed by atoms with Crippen molar-refractivity contribution in [1.82, 2.24) is 9.62 Å². The molecule has 2 aromatic rings. The number of hydrogen-bond donors (Lipinski definition) is 2. The van der Waals surface area contributed by atoms with Gasteiger partial charge < -0.3 is 15.4 Å². The molecule has 158 valence electrons. The van der Waals surface area contributed by atoms with Crippen molar-refractivity contribution in [2.24, 2.45) is 11.7 Å². The molecular formula is C20H27N3O4S2. The molecule has 0 aliphatic carbocycles. The Bertz CT molecular complexity index is 935. The van der Waals surface area contributed by atoms with Gasteiger partial charge in [-0.1, -0.05) is 12.1 Å². The number of nitrogens with two attached hydrogens (primary N) is 1. The molecule has 0 unspecified atom stereocenters. The SMILES string of the molecule is COc1cccc(CCN2CCC(CNS(=O)(=O)c3csc(C(N)=O)c3)CC2)c1. The number of methoxy groups -OCH3 is 1. The van der Waals surface area contributed by atoms with Crippen LogP contribution in [0.2, 0.25) is 0 Å². The fourth-order valence-corrected chi connectivity index (χ4v) is 5.67. The molecule has 1 aliphatic rings. The average Bonchev–Trinajstić information content (AvgIpc) is 3.23. The van der Waals surface area contributed by atoms with Crippen LogP contribution in [-0.2, 0) is 16.4 Å². The lowest BCUT2D eigenvalue weighted by atomic mass is 9.97. The molecule has 1 aromatic heterocycles. The summed E-state index contributed by atoms with van der Waals surface area (Å²) in [6, 6.07) is 9.46. The van der Waals surface area contributed by atoms with E-state index in [1.54, 1.807) is 7.11 Å². The second-order valence-corrected chi connectivity index (χ2v) is 9.93. The molecule has 7 nitrogen and oxygen atoms in total. The molecule has 29 heavy (non-hydrogen) atoms. The summed E-state index contributed by atoms with van der Waals surface area (Å²) in [5.74, 6) is 0.576. The number of primary amides is 1. The Kier molecular flexibility index (Phi) is 7.28. The standard InChI is InChI=1S/C20H27N3O4S2/c1-27-17-4-2-3-15(11-17)5-8-23-9-6-16(7-10-23)13-22-29(25,26)18-12-19(20(21)24)28-14-18/h2-4,11-12,14,16,22H,5-10,13H2,1H3,(H2,21,24). The van der Waals surface area contributed by atoms with Gasteiger partial charge >= 0.3 is 0 Å². The maximum atomic E-state index is 12.4. The molecule has 1 amide bonds. The van der Waals surface area contributed by atoms with Crippen LogP contribution in [0.4, 0.5) is 0 Å². The highest BCUT2D eigenvalue weighted by atomic mass is 32.2. The molecule has 0 saturated carbocycles. The monoisotopic (exact) mass is 437 g/mol. The Morgan fingerprint density at radius 3 is 2.72 bits per heavy atom. The molecule has 9 heteroatoms. The van der Waals surface area contributed by atoms with E-state index in [4.69, 9.17) is 10.5 Å². The Hall–Kier alpha value is -1.94. The molecule has 3 rings (SSSR count). The third-order valence-corrected chi connectivity index (χ3v) is 7.75. The van der Waals surface area contributed by atoms with E-state index in [1.807, 2.05) is 12.1 Å². The summed E-state index contributed by atoms with van der Waals surface area (Å²) in [7, 11) is -1.94. The predicted octanol–water partition coefficient (Wildman–Crippen LogP) is 2.09. The van der Waals surface area contributed by atoms with Crippen LogP contribution < -0.4 is 15.2 Å². The smallest absolute Gasteiger partial charge is 0.258 e. The number of carbonyl (C=O) groups excluding carboxylic acids is 1. The van der Waals surface area contributed by atoms with Crippen molar-refractivity contribution < 1.29 is 17.9 Å². The van der Waals surface area contributed by atoms with Crippen LogP contribution in [-0.4, -0.2) is 52.5 Å². The number of benzene rings is 1. The fourth-order valence-electron chi connectivity index (χ4n) is 3.43. The second kappa shape index (κ2) is 9.71. The number of rotatable bonds is 9. The van der Waals surface area contributed by atoms with Gasteiger partial charge in [0.25, 0.3) is 5.91 Å². The van der Waals surface area contributed by atoms with Gasteiger partial charge in [0.05, 0.1) is 16.9 Å².